The van der Waals surface area contributed by atoms with Crippen molar-refractivity contribution in [2.24, 2.45) is 0 Å². The maximum atomic E-state index is 10.6. The molecule has 0 saturated carbocycles. The zero-order chi connectivity index (χ0) is 22.1. The third-order valence-corrected chi connectivity index (χ3v) is 5.05. The predicted octanol–water partition coefficient (Wildman–Crippen LogP) is 5.34. The number of aromatic nitrogens is 2. The van der Waals surface area contributed by atoms with Gasteiger partial charge in [0.1, 0.15) is 0 Å². The highest BCUT2D eigenvalue weighted by molar-refractivity contribution is 5.79. The number of hydrogen-bond acceptors (Lipinski definition) is 5. The van der Waals surface area contributed by atoms with Crippen molar-refractivity contribution in [3.8, 4) is 11.5 Å². The molecule has 162 valence electrons. The average Bonchev–Trinajstić information content (AvgIpc) is 3.23. The normalized spacial score (nSPS) is 11.6. The average molecular weight is 420 g/mol. The van der Waals surface area contributed by atoms with Gasteiger partial charge in [0.25, 0.3) is 0 Å². The van der Waals surface area contributed by atoms with Crippen LogP contribution in [0.15, 0.2) is 52.9 Å². The molecule has 6 heteroatoms. The van der Waals surface area contributed by atoms with Crippen molar-refractivity contribution in [1.82, 2.24) is 15.5 Å². The third kappa shape index (κ3) is 6.62. The van der Waals surface area contributed by atoms with Crippen LogP contribution in [0.2, 0.25) is 0 Å². The van der Waals surface area contributed by atoms with Gasteiger partial charge in [-0.3, -0.25) is 4.79 Å². The molecule has 1 heterocycles. The summed E-state index contributed by atoms with van der Waals surface area (Å²) in [5.74, 6) is 0.200. The van der Waals surface area contributed by atoms with Crippen LogP contribution in [0.5, 0.6) is 0 Å². The van der Waals surface area contributed by atoms with Crippen molar-refractivity contribution in [1.29, 1.82) is 0 Å². The van der Waals surface area contributed by atoms with Crippen LogP contribution >= 0.6 is 0 Å². The standard InChI is InChI=1S/C25H29N3O3/c1-3-4-8-21(20-9-6-5-7-10-20)16-23-27-28-25(31-23)22-12-11-19(15-18(22)2)17-26-14-13-24(29)30/h5-7,9-12,15-16,26H,3-4,8,13-14,17H2,1-2H3,(H,29,30)/b21-16+. The highest BCUT2D eigenvalue weighted by Crippen LogP contribution is 2.27. The molecular formula is C25H29N3O3. The van der Waals surface area contributed by atoms with Crippen molar-refractivity contribution < 1.29 is 14.3 Å². The molecule has 3 rings (SSSR count). The second-order valence-corrected chi connectivity index (χ2v) is 7.55. The van der Waals surface area contributed by atoms with E-state index in [9.17, 15) is 4.79 Å². The molecule has 2 N–H and O–H groups in total. The molecule has 0 fully saturated rings. The highest BCUT2D eigenvalue weighted by Gasteiger charge is 2.12. The van der Waals surface area contributed by atoms with E-state index in [1.807, 2.05) is 43.3 Å². The number of hydrogen-bond donors (Lipinski definition) is 2. The van der Waals surface area contributed by atoms with Gasteiger partial charge in [-0.05, 0) is 48.1 Å². The van der Waals surface area contributed by atoms with Gasteiger partial charge in [-0.25, -0.2) is 0 Å². The lowest BCUT2D eigenvalue weighted by Crippen LogP contribution is -2.17. The quantitative estimate of drug-likeness (QED) is 0.408. The fraction of sp³-hybridized carbons (Fsp3) is 0.320. The van der Waals surface area contributed by atoms with E-state index < -0.39 is 5.97 Å². The van der Waals surface area contributed by atoms with Gasteiger partial charge in [0.15, 0.2) is 0 Å². The van der Waals surface area contributed by atoms with Gasteiger partial charge in [-0.15, -0.1) is 10.2 Å². The molecule has 0 amide bonds. The second-order valence-electron chi connectivity index (χ2n) is 7.55. The van der Waals surface area contributed by atoms with Crippen molar-refractivity contribution in [2.45, 2.75) is 46.1 Å². The van der Waals surface area contributed by atoms with Crippen molar-refractivity contribution >= 4 is 17.6 Å². The summed E-state index contributed by atoms with van der Waals surface area (Å²) in [5.41, 5.74) is 5.38. The number of allylic oxidation sites excluding steroid dienone is 1. The Balaban J connectivity index is 1.74. The van der Waals surface area contributed by atoms with Crippen molar-refractivity contribution in [3.63, 3.8) is 0 Å². The summed E-state index contributed by atoms with van der Waals surface area (Å²) >= 11 is 0. The van der Waals surface area contributed by atoms with E-state index in [2.05, 4.69) is 40.6 Å². The van der Waals surface area contributed by atoms with Gasteiger partial charge in [0.05, 0.1) is 6.42 Å². The number of carboxylic acid groups (broad SMARTS) is 1. The molecule has 6 nitrogen and oxygen atoms in total. The van der Waals surface area contributed by atoms with Crippen LogP contribution in [-0.2, 0) is 11.3 Å². The van der Waals surface area contributed by atoms with Crippen LogP contribution in [-0.4, -0.2) is 27.8 Å². The maximum Gasteiger partial charge on any atom is 0.304 e. The molecule has 0 bridgehead atoms. The van der Waals surface area contributed by atoms with E-state index in [1.54, 1.807) is 0 Å². The van der Waals surface area contributed by atoms with Gasteiger partial charge in [-0.2, -0.15) is 0 Å². The lowest BCUT2D eigenvalue weighted by molar-refractivity contribution is -0.136. The Labute approximate surface area is 183 Å². The smallest absolute Gasteiger partial charge is 0.304 e. The molecule has 2 aromatic carbocycles. The number of nitrogens with zero attached hydrogens (tertiary/aromatic N) is 2. The number of benzene rings is 2. The maximum absolute atomic E-state index is 10.6. The van der Waals surface area contributed by atoms with Crippen LogP contribution in [0.25, 0.3) is 23.1 Å². The van der Waals surface area contributed by atoms with Crippen LogP contribution in [0.4, 0.5) is 0 Å². The van der Waals surface area contributed by atoms with E-state index in [0.717, 1.165) is 36.0 Å². The Kier molecular flexibility index (Phi) is 8.12. The lowest BCUT2D eigenvalue weighted by Gasteiger charge is -2.07. The Morgan fingerprint density at radius 2 is 1.94 bits per heavy atom. The molecule has 31 heavy (non-hydrogen) atoms. The number of carbonyl (C=O) groups is 1. The molecule has 0 spiro atoms. The SMILES string of the molecule is CCCC/C(=C\c1nnc(-c2ccc(CNCCC(=O)O)cc2C)o1)c1ccccc1. The van der Waals surface area contributed by atoms with Crippen molar-refractivity contribution in [2.75, 3.05) is 6.54 Å². The monoisotopic (exact) mass is 419 g/mol. The largest absolute Gasteiger partial charge is 0.481 e. The minimum absolute atomic E-state index is 0.110. The van der Waals surface area contributed by atoms with E-state index in [4.69, 9.17) is 9.52 Å². The summed E-state index contributed by atoms with van der Waals surface area (Å²) in [4.78, 5) is 10.6. The van der Waals surface area contributed by atoms with Gasteiger partial charge >= 0.3 is 5.97 Å². The second kappa shape index (κ2) is 11.2. The number of nitrogens with one attached hydrogen (secondary N) is 1. The summed E-state index contributed by atoms with van der Waals surface area (Å²) < 4.78 is 5.97. The third-order valence-electron chi connectivity index (χ3n) is 5.05. The first-order chi connectivity index (χ1) is 15.1. The molecular weight excluding hydrogens is 390 g/mol. The van der Waals surface area contributed by atoms with Gasteiger partial charge in [-0.1, -0.05) is 55.8 Å². The molecule has 0 atom stereocenters. The summed E-state index contributed by atoms with van der Waals surface area (Å²) in [7, 11) is 0. The minimum Gasteiger partial charge on any atom is -0.481 e. The molecule has 0 unspecified atom stereocenters. The topological polar surface area (TPSA) is 88.2 Å². The summed E-state index contributed by atoms with van der Waals surface area (Å²) in [6.07, 6.45) is 5.27. The molecule has 1 aromatic heterocycles. The number of unbranched alkanes of at least 4 members (excludes halogenated alkanes) is 1. The van der Waals surface area contributed by atoms with Crippen LogP contribution in [0, 0.1) is 6.92 Å². The van der Waals surface area contributed by atoms with Crippen molar-refractivity contribution in [3.05, 3.63) is 71.1 Å². The lowest BCUT2D eigenvalue weighted by atomic mass is 10.00. The van der Waals surface area contributed by atoms with E-state index in [1.165, 1.54) is 11.1 Å². The number of aryl methyl sites for hydroxylation is 1. The predicted molar refractivity (Wildman–Crippen MR) is 122 cm³/mol. The van der Waals surface area contributed by atoms with Crippen LogP contribution in [0.3, 0.4) is 0 Å². The number of rotatable bonds is 11. The summed E-state index contributed by atoms with van der Waals surface area (Å²) in [6, 6.07) is 16.3. The fourth-order valence-electron chi connectivity index (χ4n) is 3.37. The molecule has 3 aromatic rings. The van der Waals surface area contributed by atoms with E-state index in [0.29, 0.717) is 24.9 Å². The molecule has 0 aliphatic carbocycles. The van der Waals surface area contributed by atoms with Crippen LogP contribution < -0.4 is 5.32 Å². The molecule has 0 radical (unpaired) electrons. The first-order valence-corrected chi connectivity index (χ1v) is 10.7. The highest BCUT2D eigenvalue weighted by atomic mass is 16.4. The summed E-state index contributed by atoms with van der Waals surface area (Å²) in [5, 5.41) is 20.4. The number of aliphatic carboxylic acids is 1. The molecule has 0 saturated heterocycles. The first-order valence-electron chi connectivity index (χ1n) is 10.7. The summed E-state index contributed by atoms with van der Waals surface area (Å²) in [6.45, 7) is 5.25. The fourth-order valence-corrected chi connectivity index (χ4v) is 3.37. The molecule has 0 aliphatic heterocycles. The Morgan fingerprint density at radius 3 is 2.65 bits per heavy atom. The van der Waals surface area contributed by atoms with Gasteiger partial charge in [0.2, 0.25) is 11.8 Å². The van der Waals surface area contributed by atoms with Gasteiger partial charge < -0.3 is 14.8 Å². The van der Waals surface area contributed by atoms with Gasteiger partial charge in [0, 0.05) is 24.7 Å². The zero-order valence-corrected chi connectivity index (χ0v) is 18.1. The van der Waals surface area contributed by atoms with E-state index >= 15 is 0 Å². The molecule has 0 aliphatic rings. The number of carboxylic acids is 1. The Morgan fingerprint density at radius 1 is 1.13 bits per heavy atom. The minimum atomic E-state index is -0.801. The van der Waals surface area contributed by atoms with E-state index in [-0.39, 0.29) is 6.42 Å². The van der Waals surface area contributed by atoms with Crippen LogP contribution in [0.1, 0.15) is 55.2 Å². The first kappa shape index (κ1) is 22.4. The Hall–Kier alpha value is -3.25. The zero-order valence-electron chi connectivity index (χ0n) is 18.1. The Bertz CT molecular complexity index is 1030.